The van der Waals surface area contributed by atoms with Gasteiger partial charge in [0, 0.05) is 6.54 Å². The number of hydrogen-bond donors (Lipinski definition) is 0. The number of halogens is 3. The molecule has 0 N–H and O–H groups in total. The molecule has 0 bridgehead atoms. The molecular formula is C16H22F3N. The summed E-state index contributed by atoms with van der Waals surface area (Å²) in [5, 5.41) is 0. The van der Waals surface area contributed by atoms with E-state index in [0.717, 1.165) is 22.3 Å². The molecule has 0 spiro atoms. The quantitative estimate of drug-likeness (QED) is 0.752. The Balaban J connectivity index is 2.75. The maximum Gasteiger partial charge on any atom is 0.399 e. The van der Waals surface area contributed by atoms with Crippen molar-refractivity contribution < 1.29 is 13.2 Å². The lowest BCUT2D eigenvalue weighted by molar-refractivity contribution is -0.187. The Kier molecular flexibility index (Phi) is 3.66. The van der Waals surface area contributed by atoms with Crippen LogP contribution in [0.1, 0.15) is 34.2 Å². The zero-order chi connectivity index (χ0) is 15.3. The molecule has 1 aliphatic rings. The first-order chi connectivity index (χ1) is 9.10. The van der Waals surface area contributed by atoms with Gasteiger partial charge in [-0.25, -0.2) is 0 Å². The second-order valence-electron chi connectivity index (χ2n) is 6.20. The van der Waals surface area contributed by atoms with Gasteiger partial charge in [-0.3, -0.25) is 0 Å². The highest BCUT2D eigenvalue weighted by molar-refractivity contribution is 5.49. The highest BCUT2D eigenvalue weighted by atomic mass is 19.4. The Morgan fingerprint density at radius 1 is 1.05 bits per heavy atom. The number of likely N-dealkylation sites (N-methyl/N-ethyl adjacent to an activating group) is 1. The van der Waals surface area contributed by atoms with Gasteiger partial charge in [-0.2, -0.15) is 13.2 Å². The van der Waals surface area contributed by atoms with E-state index < -0.39 is 11.6 Å². The summed E-state index contributed by atoms with van der Waals surface area (Å²) < 4.78 is 41.6. The van der Waals surface area contributed by atoms with Crippen molar-refractivity contribution in [1.29, 1.82) is 0 Å². The van der Waals surface area contributed by atoms with Crippen LogP contribution in [0.3, 0.4) is 0 Å². The zero-order valence-corrected chi connectivity index (χ0v) is 12.8. The number of alkyl halides is 3. The van der Waals surface area contributed by atoms with Gasteiger partial charge in [0.2, 0.25) is 0 Å². The van der Waals surface area contributed by atoms with Crippen LogP contribution in [0.15, 0.2) is 6.07 Å². The molecule has 1 heterocycles. The third-order valence-electron chi connectivity index (χ3n) is 4.85. The van der Waals surface area contributed by atoms with Crippen molar-refractivity contribution in [3.8, 4) is 0 Å². The molecule has 1 aromatic carbocycles. The maximum atomic E-state index is 13.9. The van der Waals surface area contributed by atoms with E-state index in [0.29, 0.717) is 12.1 Å². The minimum absolute atomic E-state index is 0.0566. The summed E-state index contributed by atoms with van der Waals surface area (Å²) >= 11 is 0. The average Bonchev–Trinajstić information content (AvgIpc) is 2.70. The minimum atomic E-state index is -4.21. The van der Waals surface area contributed by atoms with Gasteiger partial charge in [-0.15, -0.1) is 0 Å². The van der Waals surface area contributed by atoms with Crippen LogP contribution >= 0.6 is 0 Å². The van der Waals surface area contributed by atoms with Gasteiger partial charge in [0.05, 0.1) is 0 Å². The van der Waals surface area contributed by atoms with E-state index >= 15 is 0 Å². The highest BCUT2D eigenvalue weighted by Crippen LogP contribution is 2.50. The van der Waals surface area contributed by atoms with Crippen molar-refractivity contribution in [3.05, 3.63) is 33.9 Å². The van der Waals surface area contributed by atoms with E-state index in [-0.39, 0.29) is 13.0 Å². The summed E-state index contributed by atoms with van der Waals surface area (Å²) in [6, 6.07) is 1.98. The first-order valence-electron chi connectivity index (χ1n) is 6.93. The van der Waals surface area contributed by atoms with Crippen LogP contribution in [0, 0.1) is 27.7 Å². The summed E-state index contributed by atoms with van der Waals surface area (Å²) in [6.45, 7) is 7.99. The number of rotatable bonds is 1. The molecule has 1 atom stereocenters. The molecule has 1 aromatic rings. The van der Waals surface area contributed by atoms with Crippen LogP contribution in [-0.2, 0) is 5.41 Å². The van der Waals surface area contributed by atoms with Crippen LogP contribution < -0.4 is 0 Å². The Hall–Kier alpha value is -1.03. The predicted molar refractivity (Wildman–Crippen MR) is 75.2 cm³/mol. The fraction of sp³-hybridized carbons (Fsp3) is 0.625. The number of hydrogen-bond acceptors (Lipinski definition) is 1. The van der Waals surface area contributed by atoms with Crippen LogP contribution in [0.25, 0.3) is 0 Å². The van der Waals surface area contributed by atoms with Crippen LogP contribution in [0.2, 0.25) is 0 Å². The van der Waals surface area contributed by atoms with Gasteiger partial charge in [-0.1, -0.05) is 6.07 Å². The SMILES string of the molecule is Cc1cc(C)c(C)c([C@]2(C(F)(F)F)CCN(C)C2)c1C. The summed E-state index contributed by atoms with van der Waals surface area (Å²) in [7, 11) is 1.76. The first kappa shape index (κ1) is 15.4. The van der Waals surface area contributed by atoms with E-state index in [9.17, 15) is 13.2 Å². The van der Waals surface area contributed by atoms with Crippen molar-refractivity contribution >= 4 is 0 Å². The predicted octanol–water partition coefficient (Wildman–Crippen LogP) is 4.06. The van der Waals surface area contributed by atoms with Crippen LogP contribution in [0.4, 0.5) is 13.2 Å². The molecule has 2 rings (SSSR count). The van der Waals surface area contributed by atoms with Crippen molar-refractivity contribution in [2.45, 2.75) is 45.7 Å². The van der Waals surface area contributed by atoms with Crippen molar-refractivity contribution in [3.63, 3.8) is 0 Å². The molecule has 0 aliphatic carbocycles. The fourth-order valence-electron chi connectivity index (χ4n) is 3.51. The van der Waals surface area contributed by atoms with Gasteiger partial charge >= 0.3 is 6.18 Å². The first-order valence-corrected chi connectivity index (χ1v) is 6.93. The molecule has 1 aliphatic heterocycles. The van der Waals surface area contributed by atoms with Crippen molar-refractivity contribution in [1.82, 2.24) is 4.90 Å². The largest absolute Gasteiger partial charge is 0.399 e. The number of nitrogens with zero attached hydrogens (tertiary/aromatic N) is 1. The Morgan fingerprint density at radius 3 is 1.90 bits per heavy atom. The second kappa shape index (κ2) is 4.76. The lowest BCUT2D eigenvalue weighted by Crippen LogP contribution is -2.45. The number of likely N-dealkylation sites (tertiary alicyclic amines) is 1. The Morgan fingerprint density at radius 2 is 1.55 bits per heavy atom. The summed E-state index contributed by atoms with van der Waals surface area (Å²) in [5.41, 5.74) is 2.27. The standard InChI is InChI=1S/C16H22F3N/c1-10-8-11(2)13(4)14(12(10)3)15(16(17,18)19)6-7-20(5)9-15/h8H,6-7,9H2,1-5H3/t15-/m0/s1. The smallest absolute Gasteiger partial charge is 0.305 e. The fourth-order valence-corrected chi connectivity index (χ4v) is 3.51. The lowest BCUT2D eigenvalue weighted by atomic mass is 9.73. The number of aryl methyl sites for hydroxylation is 2. The van der Waals surface area contributed by atoms with E-state index in [1.54, 1.807) is 11.9 Å². The topological polar surface area (TPSA) is 3.24 Å². The van der Waals surface area contributed by atoms with Crippen LogP contribution in [0.5, 0.6) is 0 Å². The molecule has 112 valence electrons. The Bertz CT molecular complexity index is 507. The van der Waals surface area contributed by atoms with Gasteiger partial charge in [0.15, 0.2) is 0 Å². The molecule has 0 aromatic heterocycles. The molecule has 0 radical (unpaired) electrons. The lowest BCUT2D eigenvalue weighted by Gasteiger charge is -2.36. The van der Waals surface area contributed by atoms with E-state index in [1.165, 1.54) is 0 Å². The third kappa shape index (κ3) is 2.14. The molecule has 0 saturated carbocycles. The average molecular weight is 285 g/mol. The molecule has 1 fully saturated rings. The van der Waals surface area contributed by atoms with Crippen molar-refractivity contribution in [2.75, 3.05) is 20.1 Å². The summed E-state index contributed by atoms with van der Waals surface area (Å²) in [5.74, 6) is 0. The van der Waals surface area contributed by atoms with E-state index in [4.69, 9.17) is 0 Å². The van der Waals surface area contributed by atoms with Crippen molar-refractivity contribution in [2.24, 2.45) is 0 Å². The third-order valence-corrected chi connectivity index (χ3v) is 4.85. The normalized spacial score (nSPS) is 24.4. The molecule has 0 amide bonds. The summed E-state index contributed by atoms with van der Waals surface area (Å²) in [6.07, 6.45) is -4.06. The summed E-state index contributed by atoms with van der Waals surface area (Å²) in [4.78, 5) is 1.78. The second-order valence-corrected chi connectivity index (χ2v) is 6.20. The van der Waals surface area contributed by atoms with E-state index in [1.807, 2.05) is 33.8 Å². The molecule has 1 nitrogen and oxygen atoms in total. The van der Waals surface area contributed by atoms with Crippen LogP contribution in [-0.4, -0.2) is 31.2 Å². The highest BCUT2D eigenvalue weighted by Gasteiger charge is 2.59. The number of benzene rings is 1. The molecule has 4 heteroatoms. The van der Waals surface area contributed by atoms with E-state index in [2.05, 4.69) is 0 Å². The monoisotopic (exact) mass is 285 g/mol. The maximum absolute atomic E-state index is 13.9. The molecule has 0 unspecified atom stereocenters. The zero-order valence-electron chi connectivity index (χ0n) is 12.8. The van der Waals surface area contributed by atoms with Gasteiger partial charge in [-0.05, 0) is 75.5 Å². The van der Waals surface area contributed by atoms with Gasteiger partial charge in [0.1, 0.15) is 5.41 Å². The minimum Gasteiger partial charge on any atom is -0.305 e. The Labute approximate surface area is 118 Å². The molecular weight excluding hydrogens is 263 g/mol. The molecule has 1 saturated heterocycles. The van der Waals surface area contributed by atoms with Gasteiger partial charge < -0.3 is 4.90 Å². The van der Waals surface area contributed by atoms with Gasteiger partial charge in [0.25, 0.3) is 0 Å². The molecule has 20 heavy (non-hydrogen) atoms.